The summed E-state index contributed by atoms with van der Waals surface area (Å²) in [7, 11) is 1.55. The number of aromatic nitrogens is 1. The smallest absolute Gasteiger partial charge is 0.305 e. The Kier molecular flexibility index (Phi) is 7.56. The molecule has 4 aliphatic rings. The Hall–Kier alpha value is -4.58. The third kappa shape index (κ3) is 4.97. The highest BCUT2D eigenvalue weighted by molar-refractivity contribution is 8.00. The molecule has 0 radical (unpaired) electrons. The normalized spacial score (nSPS) is 26.1. The van der Waals surface area contributed by atoms with E-state index >= 15 is 0 Å². The van der Waals surface area contributed by atoms with E-state index in [1.807, 2.05) is 54.6 Å². The number of nitrogens with one attached hydrogen (secondary N) is 2. The second kappa shape index (κ2) is 12.0. The van der Waals surface area contributed by atoms with Gasteiger partial charge < -0.3 is 19.8 Å². The minimum absolute atomic E-state index is 0.00146. The highest BCUT2D eigenvalue weighted by Gasteiger charge is 2.69. The van der Waals surface area contributed by atoms with Gasteiger partial charge in [-0.15, -0.1) is 11.8 Å². The Balaban J connectivity index is 0.990. The first kappa shape index (κ1) is 31.4. The molecule has 2 saturated carbocycles. The van der Waals surface area contributed by atoms with Crippen LogP contribution < -0.4 is 24.6 Å². The zero-order chi connectivity index (χ0) is 34.3. The van der Waals surface area contributed by atoms with Crippen molar-refractivity contribution >= 4 is 74.6 Å². The lowest BCUT2D eigenvalue weighted by atomic mass is 9.68. The molecule has 7 atom stereocenters. The number of thiazole rings is 1. The number of ether oxygens (including phenoxy) is 2. The van der Waals surface area contributed by atoms with Gasteiger partial charge in [0.2, 0.25) is 11.8 Å². The van der Waals surface area contributed by atoms with E-state index in [2.05, 4.69) is 10.3 Å². The topological polar surface area (TPSA) is 118 Å². The van der Waals surface area contributed by atoms with Crippen molar-refractivity contribution < 1.29 is 23.9 Å². The molecule has 1 saturated heterocycles. The van der Waals surface area contributed by atoms with E-state index < -0.39 is 11.8 Å². The van der Waals surface area contributed by atoms with Crippen LogP contribution in [0.2, 0.25) is 5.02 Å². The maximum atomic E-state index is 14.0. The van der Waals surface area contributed by atoms with Crippen molar-refractivity contribution in [2.75, 3.05) is 23.9 Å². The monoisotopic (exact) mass is 723 g/mol. The van der Waals surface area contributed by atoms with Gasteiger partial charge in [0, 0.05) is 26.8 Å². The average Bonchev–Trinajstić information content (AvgIpc) is 3.86. The van der Waals surface area contributed by atoms with Crippen molar-refractivity contribution in [3.8, 4) is 11.5 Å². The SMILES string of the molecule is COc1cc([C@H]2c3sc(=O)[nH]c3SC3C2[C@H]2C[C@@H]3C3C(=O)N(c4ccc(Cl)cc4)C(=O)C32)ccc1OCC(=O)Nc1ccc2ccccc2c1. The number of aromatic amines is 1. The molecule has 3 heterocycles. The molecule has 5 aromatic rings. The molecule has 3 fully saturated rings. The highest BCUT2D eigenvalue weighted by Crippen LogP contribution is 2.68. The lowest BCUT2D eigenvalue weighted by Gasteiger charge is -2.43. The van der Waals surface area contributed by atoms with E-state index in [-0.39, 0.29) is 58.1 Å². The standard InChI is InChI=1S/C38H30ClN3O6S2/c1-47-27-15-20(7-13-26(27)48-17-28(43)40-22-10-6-18-4-2-3-5-19(18)14-22)29-30-24-16-25(33(30)49-35-34(29)50-38(46)41-35)32-31(24)36(44)42(37(32)45)23-11-8-21(39)9-12-23/h2-15,24-25,29-33H,16-17H2,1H3,(H,40,43)(H,41,46)/t24-,25-,29-,30?,31?,32?,33?/m1/s1. The molecule has 9 nitrogen and oxygen atoms in total. The fourth-order valence-electron chi connectivity index (χ4n) is 8.84. The Bertz CT molecular complexity index is 2270. The first-order valence-electron chi connectivity index (χ1n) is 16.4. The third-order valence-electron chi connectivity index (χ3n) is 10.7. The molecule has 4 aromatic carbocycles. The van der Waals surface area contributed by atoms with Crippen molar-refractivity contribution in [2.24, 2.45) is 29.6 Å². The number of hydrogen-bond donors (Lipinski definition) is 2. The van der Waals surface area contributed by atoms with Gasteiger partial charge in [0.15, 0.2) is 18.1 Å². The third-order valence-corrected chi connectivity index (χ3v) is 13.6. The summed E-state index contributed by atoms with van der Waals surface area (Å²) >= 11 is 8.94. The average molecular weight is 724 g/mol. The molecule has 50 heavy (non-hydrogen) atoms. The summed E-state index contributed by atoms with van der Waals surface area (Å²) in [5, 5.41) is 6.42. The minimum atomic E-state index is -0.421. The molecule has 9 rings (SSSR count). The molecule has 1 aromatic heterocycles. The number of carbonyl (C=O) groups is 3. The number of imide groups is 1. The molecule has 0 spiro atoms. The molecule has 4 unspecified atom stereocenters. The van der Waals surface area contributed by atoms with Crippen LogP contribution in [0.1, 0.15) is 22.8 Å². The summed E-state index contributed by atoms with van der Waals surface area (Å²) in [5.74, 6) is -0.758. The van der Waals surface area contributed by atoms with E-state index in [0.29, 0.717) is 27.9 Å². The predicted octanol–water partition coefficient (Wildman–Crippen LogP) is 6.95. The van der Waals surface area contributed by atoms with Crippen LogP contribution in [-0.2, 0) is 14.4 Å². The second-order valence-electron chi connectivity index (χ2n) is 13.3. The van der Waals surface area contributed by atoms with Crippen LogP contribution in [0.5, 0.6) is 11.5 Å². The van der Waals surface area contributed by atoms with Crippen LogP contribution >= 0.6 is 34.7 Å². The predicted molar refractivity (Wildman–Crippen MR) is 194 cm³/mol. The zero-order valence-electron chi connectivity index (χ0n) is 26.6. The second-order valence-corrected chi connectivity index (χ2v) is 15.9. The summed E-state index contributed by atoms with van der Waals surface area (Å²) < 4.78 is 11.7. The summed E-state index contributed by atoms with van der Waals surface area (Å²) in [5.41, 5.74) is 2.15. The number of carbonyl (C=O) groups excluding carboxylic acids is 3. The van der Waals surface area contributed by atoms with Gasteiger partial charge in [-0.3, -0.25) is 24.1 Å². The zero-order valence-corrected chi connectivity index (χ0v) is 29.0. The summed E-state index contributed by atoms with van der Waals surface area (Å²) in [6.45, 7) is -0.218. The van der Waals surface area contributed by atoms with Gasteiger partial charge in [-0.2, -0.15) is 0 Å². The van der Waals surface area contributed by atoms with Crippen LogP contribution in [0, 0.1) is 29.6 Å². The summed E-state index contributed by atoms with van der Waals surface area (Å²) in [4.78, 5) is 58.7. The van der Waals surface area contributed by atoms with E-state index in [4.69, 9.17) is 21.1 Å². The fourth-order valence-corrected chi connectivity index (χ4v) is 11.9. The number of halogens is 1. The number of fused-ring (bicyclic) bond motifs is 10. The summed E-state index contributed by atoms with van der Waals surface area (Å²) in [6.07, 6.45) is 0.782. The number of H-pyrrole nitrogens is 1. The van der Waals surface area contributed by atoms with Crippen molar-refractivity contribution in [3.05, 3.63) is 110 Å². The number of hydrogen-bond acceptors (Lipinski definition) is 8. The number of anilines is 2. The van der Waals surface area contributed by atoms with E-state index in [0.717, 1.165) is 32.7 Å². The molecular formula is C38H30ClN3O6S2. The fraction of sp³-hybridized carbons (Fsp3) is 0.263. The first-order valence-corrected chi connectivity index (χ1v) is 18.5. The largest absolute Gasteiger partial charge is 0.493 e. The number of benzene rings is 4. The molecular weight excluding hydrogens is 694 g/mol. The maximum Gasteiger partial charge on any atom is 0.305 e. The minimum Gasteiger partial charge on any atom is -0.493 e. The summed E-state index contributed by atoms with van der Waals surface area (Å²) in [6, 6.07) is 26.2. The van der Waals surface area contributed by atoms with Gasteiger partial charge >= 0.3 is 4.87 Å². The number of rotatable bonds is 7. The number of methoxy groups -OCH3 is 1. The number of thioether (sulfide) groups is 1. The Labute approximate surface area is 299 Å². The first-order chi connectivity index (χ1) is 24.3. The molecule has 2 aliphatic heterocycles. The van der Waals surface area contributed by atoms with E-state index in [1.54, 1.807) is 49.2 Å². The quantitative estimate of drug-likeness (QED) is 0.175. The Morgan fingerprint density at radius 3 is 2.46 bits per heavy atom. The molecule has 2 N–H and O–H groups in total. The number of nitrogens with zero attached hydrogens (tertiary/aromatic N) is 1. The maximum absolute atomic E-state index is 14.0. The molecule has 3 amide bonds. The van der Waals surface area contributed by atoms with E-state index in [1.165, 1.54) is 16.2 Å². The van der Waals surface area contributed by atoms with Crippen molar-refractivity contribution in [2.45, 2.75) is 22.6 Å². The van der Waals surface area contributed by atoms with Gasteiger partial charge in [-0.1, -0.05) is 59.3 Å². The molecule has 252 valence electrons. The van der Waals surface area contributed by atoms with Gasteiger partial charge in [0.25, 0.3) is 5.91 Å². The van der Waals surface area contributed by atoms with Gasteiger partial charge in [-0.25, -0.2) is 0 Å². The van der Waals surface area contributed by atoms with Gasteiger partial charge in [0.05, 0.1) is 29.7 Å². The molecule has 12 heteroatoms. The Morgan fingerprint density at radius 1 is 0.920 bits per heavy atom. The lowest BCUT2D eigenvalue weighted by Crippen LogP contribution is -2.42. The van der Waals surface area contributed by atoms with E-state index in [9.17, 15) is 19.2 Å². The Morgan fingerprint density at radius 2 is 1.68 bits per heavy atom. The van der Waals surface area contributed by atoms with Gasteiger partial charge in [0.1, 0.15) is 0 Å². The van der Waals surface area contributed by atoms with Crippen molar-refractivity contribution in [1.82, 2.24) is 4.98 Å². The van der Waals surface area contributed by atoms with Crippen LogP contribution in [0.4, 0.5) is 11.4 Å². The molecule has 2 bridgehead atoms. The van der Waals surface area contributed by atoms with Crippen LogP contribution in [0.3, 0.4) is 0 Å². The highest BCUT2D eigenvalue weighted by atomic mass is 35.5. The number of amides is 3. The van der Waals surface area contributed by atoms with Crippen molar-refractivity contribution in [3.63, 3.8) is 0 Å². The van der Waals surface area contributed by atoms with Gasteiger partial charge in [-0.05, 0) is 89.0 Å². The van der Waals surface area contributed by atoms with Crippen LogP contribution in [-0.4, -0.2) is 41.7 Å². The lowest BCUT2D eigenvalue weighted by molar-refractivity contribution is -0.123. The van der Waals surface area contributed by atoms with Crippen LogP contribution in [0.15, 0.2) is 94.7 Å². The molecule has 2 aliphatic carbocycles. The van der Waals surface area contributed by atoms with Crippen LogP contribution in [0.25, 0.3) is 10.8 Å². The van der Waals surface area contributed by atoms with Crippen molar-refractivity contribution in [1.29, 1.82) is 0 Å².